The van der Waals surface area contributed by atoms with E-state index in [1.54, 1.807) is 0 Å². The summed E-state index contributed by atoms with van der Waals surface area (Å²) < 4.78 is 31.6. The number of ether oxygens (including phenoxy) is 1. The Bertz CT molecular complexity index is 1050. The molecule has 9 heteroatoms. The van der Waals surface area contributed by atoms with Gasteiger partial charge in [-0.2, -0.15) is 0 Å². The molecule has 7 nitrogen and oxygen atoms in total. The molecule has 4 rings (SSSR count). The number of carbonyl (C=O) groups is 3. The molecule has 186 valence electrons. The van der Waals surface area contributed by atoms with Crippen LogP contribution >= 0.6 is 0 Å². The SMILES string of the molecule is O=C(NC(CC(F)F)C(=O)NCC1CCCC1C(=O)O)OCC1c2ccccc2-c2ccccc21. The highest BCUT2D eigenvalue weighted by atomic mass is 19.3. The van der Waals surface area contributed by atoms with Gasteiger partial charge >= 0.3 is 12.1 Å². The van der Waals surface area contributed by atoms with Crippen LogP contribution in [0.25, 0.3) is 11.1 Å². The minimum absolute atomic E-state index is 0.00869. The average molecular weight is 487 g/mol. The molecule has 2 aromatic rings. The molecular formula is C26H28F2N2O5. The maximum Gasteiger partial charge on any atom is 0.407 e. The molecule has 2 amide bonds. The van der Waals surface area contributed by atoms with Crippen molar-refractivity contribution in [1.82, 2.24) is 10.6 Å². The zero-order valence-electron chi connectivity index (χ0n) is 19.1. The second-order valence-corrected chi connectivity index (χ2v) is 9.03. The molecule has 3 atom stereocenters. The number of hydrogen-bond donors (Lipinski definition) is 3. The Morgan fingerprint density at radius 2 is 1.63 bits per heavy atom. The lowest BCUT2D eigenvalue weighted by Crippen LogP contribution is -2.49. The van der Waals surface area contributed by atoms with Gasteiger partial charge in [-0.05, 0) is 41.0 Å². The Hall–Kier alpha value is -3.49. The Balaban J connectivity index is 1.36. The van der Waals surface area contributed by atoms with Gasteiger partial charge in [0.15, 0.2) is 0 Å². The van der Waals surface area contributed by atoms with Crippen LogP contribution in [-0.2, 0) is 14.3 Å². The van der Waals surface area contributed by atoms with Crippen LogP contribution in [0.4, 0.5) is 13.6 Å². The van der Waals surface area contributed by atoms with Crippen LogP contribution in [0.15, 0.2) is 48.5 Å². The van der Waals surface area contributed by atoms with Crippen molar-refractivity contribution in [3.05, 3.63) is 59.7 Å². The molecule has 3 unspecified atom stereocenters. The van der Waals surface area contributed by atoms with Crippen molar-refractivity contribution in [3.8, 4) is 11.1 Å². The number of rotatable bonds is 9. The topological polar surface area (TPSA) is 105 Å². The number of alkyl carbamates (subject to hydrolysis) is 1. The zero-order chi connectivity index (χ0) is 24.9. The molecule has 0 saturated heterocycles. The lowest BCUT2D eigenvalue weighted by atomic mass is 9.96. The minimum atomic E-state index is -2.82. The highest BCUT2D eigenvalue weighted by Gasteiger charge is 2.34. The van der Waals surface area contributed by atoms with Gasteiger partial charge in [0, 0.05) is 18.9 Å². The number of alkyl halides is 2. The highest BCUT2D eigenvalue weighted by molar-refractivity contribution is 5.86. The highest BCUT2D eigenvalue weighted by Crippen LogP contribution is 2.44. The van der Waals surface area contributed by atoms with Crippen molar-refractivity contribution in [3.63, 3.8) is 0 Å². The van der Waals surface area contributed by atoms with Gasteiger partial charge in [0.25, 0.3) is 0 Å². The molecule has 0 bridgehead atoms. The van der Waals surface area contributed by atoms with E-state index in [4.69, 9.17) is 4.74 Å². The number of carbonyl (C=O) groups excluding carboxylic acids is 2. The minimum Gasteiger partial charge on any atom is -0.481 e. The van der Waals surface area contributed by atoms with E-state index in [1.165, 1.54) is 0 Å². The normalized spacial score (nSPS) is 19.6. The first kappa shape index (κ1) is 24.6. The van der Waals surface area contributed by atoms with E-state index >= 15 is 0 Å². The van der Waals surface area contributed by atoms with E-state index in [0.717, 1.165) is 28.7 Å². The third-order valence-corrected chi connectivity index (χ3v) is 6.88. The fourth-order valence-electron chi connectivity index (χ4n) is 5.15. The predicted molar refractivity (Wildman–Crippen MR) is 124 cm³/mol. The monoisotopic (exact) mass is 486 g/mol. The number of nitrogens with one attached hydrogen (secondary N) is 2. The zero-order valence-corrected chi connectivity index (χ0v) is 19.1. The van der Waals surface area contributed by atoms with Gasteiger partial charge in [-0.3, -0.25) is 9.59 Å². The predicted octanol–water partition coefficient (Wildman–Crippen LogP) is 4.17. The summed E-state index contributed by atoms with van der Waals surface area (Å²) in [6.07, 6.45) is -2.76. The number of carboxylic acids is 1. The summed E-state index contributed by atoms with van der Waals surface area (Å²) in [6.45, 7) is 0.0488. The third kappa shape index (κ3) is 5.61. The fourth-order valence-corrected chi connectivity index (χ4v) is 5.15. The Kier molecular flexibility index (Phi) is 7.63. The van der Waals surface area contributed by atoms with Gasteiger partial charge < -0.3 is 20.5 Å². The first-order valence-electron chi connectivity index (χ1n) is 11.7. The molecule has 1 fully saturated rings. The standard InChI is InChI=1S/C26H28F2N2O5/c27-23(28)12-22(24(31)29-13-15-6-5-11-16(15)25(32)33)30-26(34)35-14-21-19-9-3-1-7-17(19)18-8-2-4-10-20(18)21/h1-4,7-10,15-16,21-23H,5-6,11-14H2,(H,29,31)(H,30,34)(H,32,33). The second-order valence-electron chi connectivity index (χ2n) is 9.03. The van der Waals surface area contributed by atoms with Crippen LogP contribution in [0.5, 0.6) is 0 Å². The van der Waals surface area contributed by atoms with E-state index in [9.17, 15) is 28.3 Å². The Labute approximate surface area is 201 Å². The molecule has 0 aliphatic heterocycles. The molecule has 2 aliphatic carbocycles. The fraction of sp³-hybridized carbons (Fsp3) is 0.423. The summed E-state index contributed by atoms with van der Waals surface area (Å²) in [5, 5.41) is 14.1. The number of carboxylic acid groups (broad SMARTS) is 1. The lowest BCUT2D eigenvalue weighted by molar-refractivity contribution is -0.143. The van der Waals surface area contributed by atoms with Gasteiger partial charge in [-0.15, -0.1) is 0 Å². The van der Waals surface area contributed by atoms with Gasteiger partial charge in [0.05, 0.1) is 5.92 Å². The van der Waals surface area contributed by atoms with E-state index in [0.29, 0.717) is 12.8 Å². The molecule has 2 aromatic carbocycles. The van der Waals surface area contributed by atoms with Crippen molar-refractivity contribution >= 4 is 18.0 Å². The number of fused-ring (bicyclic) bond motifs is 3. The summed E-state index contributed by atoms with van der Waals surface area (Å²) in [5.74, 6) is -2.75. The van der Waals surface area contributed by atoms with Crippen LogP contribution < -0.4 is 10.6 Å². The third-order valence-electron chi connectivity index (χ3n) is 6.88. The van der Waals surface area contributed by atoms with Gasteiger partial charge in [-0.1, -0.05) is 55.0 Å². The largest absolute Gasteiger partial charge is 0.481 e. The van der Waals surface area contributed by atoms with E-state index in [1.807, 2.05) is 48.5 Å². The first-order chi connectivity index (χ1) is 16.8. The number of hydrogen-bond acceptors (Lipinski definition) is 4. The van der Waals surface area contributed by atoms with Crippen LogP contribution in [0.3, 0.4) is 0 Å². The summed E-state index contributed by atoms with van der Waals surface area (Å²) >= 11 is 0. The average Bonchev–Trinajstić information content (AvgIpc) is 3.43. The van der Waals surface area contributed by atoms with Gasteiger partial charge in [0.2, 0.25) is 12.3 Å². The quantitative estimate of drug-likeness (QED) is 0.494. The van der Waals surface area contributed by atoms with Crippen LogP contribution in [0.2, 0.25) is 0 Å². The first-order valence-corrected chi connectivity index (χ1v) is 11.7. The van der Waals surface area contributed by atoms with Crippen LogP contribution in [-0.4, -0.2) is 48.7 Å². The van der Waals surface area contributed by atoms with E-state index in [-0.39, 0.29) is 25.0 Å². The van der Waals surface area contributed by atoms with Crippen molar-refractivity contribution in [2.45, 2.75) is 44.1 Å². The maximum absolute atomic E-state index is 13.1. The summed E-state index contributed by atoms with van der Waals surface area (Å²) in [7, 11) is 0. The Morgan fingerprint density at radius 1 is 1.00 bits per heavy atom. The van der Waals surface area contributed by atoms with Crippen LogP contribution in [0, 0.1) is 11.8 Å². The van der Waals surface area contributed by atoms with Crippen molar-refractivity contribution in [2.24, 2.45) is 11.8 Å². The molecule has 3 N–H and O–H groups in total. The Morgan fingerprint density at radius 3 is 2.23 bits per heavy atom. The number of aliphatic carboxylic acids is 1. The lowest BCUT2D eigenvalue weighted by Gasteiger charge is -2.21. The molecule has 35 heavy (non-hydrogen) atoms. The second kappa shape index (κ2) is 10.8. The van der Waals surface area contributed by atoms with Crippen molar-refractivity contribution < 1.29 is 33.0 Å². The maximum atomic E-state index is 13.1. The van der Waals surface area contributed by atoms with E-state index < -0.39 is 42.8 Å². The van der Waals surface area contributed by atoms with Gasteiger partial charge in [0.1, 0.15) is 12.6 Å². The molecule has 0 aromatic heterocycles. The summed E-state index contributed by atoms with van der Waals surface area (Å²) in [5.41, 5.74) is 4.12. The van der Waals surface area contributed by atoms with Crippen molar-refractivity contribution in [2.75, 3.05) is 13.2 Å². The van der Waals surface area contributed by atoms with Crippen molar-refractivity contribution in [1.29, 1.82) is 0 Å². The summed E-state index contributed by atoms with van der Waals surface area (Å²) in [4.78, 5) is 36.4. The number of benzene rings is 2. The number of halogens is 2. The summed E-state index contributed by atoms with van der Waals surface area (Å²) in [6, 6.07) is 14.1. The molecule has 1 saturated carbocycles. The molecule has 0 radical (unpaired) electrons. The number of amides is 2. The van der Waals surface area contributed by atoms with Gasteiger partial charge in [-0.25, -0.2) is 13.6 Å². The smallest absolute Gasteiger partial charge is 0.407 e. The molecule has 2 aliphatic rings. The molecule has 0 spiro atoms. The van der Waals surface area contributed by atoms with E-state index in [2.05, 4.69) is 10.6 Å². The molecular weight excluding hydrogens is 458 g/mol. The van der Waals surface area contributed by atoms with Crippen LogP contribution in [0.1, 0.15) is 42.7 Å². The molecule has 0 heterocycles.